The van der Waals surface area contributed by atoms with Crippen molar-refractivity contribution in [2.45, 2.75) is 19.1 Å². The first-order valence-electron chi connectivity index (χ1n) is 7.36. The van der Waals surface area contributed by atoms with Crippen molar-refractivity contribution in [3.63, 3.8) is 0 Å². The van der Waals surface area contributed by atoms with Gasteiger partial charge in [-0.05, 0) is 12.5 Å². The van der Waals surface area contributed by atoms with Gasteiger partial charge in [0.05, 0.1) is 38.6 Å². The van der Waals surface area contributed by atoms with Crippen molar-refractivity contribution in [3.05, 3.63) is 35.9 Å². The second-order valence-corrected chi connectivity index (χ2v) is 4.85. The molecule has 21 heavy (non-hydrogen) atoms. The van der Waals surface area contributed by atoms with Crippen LogP contribution in [0, 0.1) is 0 Å². The summed E-state index contributed by atoms with van der Waals surface area (Å²) in [6.07, 6.45) is -0.534. The SMILES string of the molecule is COCCOCCNCC(O)COC(C)c1ccccc1. The quantitative estimate of drug-likeness (QED) is 0.571. The van der Waals surface area contributed by atoms with Gasteiger partial charge in [0.1, 0.15) is 0 Å². The highest BCUT2D eigenvalue weighted by atomic mass is 16.5. The van der Waals surface area contributed by atoms with Crippen molar-refractivity contribution in [1.29, 1.82) is 0 Å². The van der Waals surface area contributed by atoms with Gasteiger partial charge in [0.25, 0.3) is 0 Å². The summed E-state index contributed by atoms with van der Waals surface area (Å²) in [5.41, 5.74) is 1.12. The first-order valence-corrected chi connectivity index (χ1v) is 7.36. The molecule has 0 radical (unpaired) electrons. The van der Waals surface area contributed by atoms with E-state index in [1.165, 1.54) is 0 Å². The minimum Gasteiger partial charge on any atom is -0.389 e. The van der Waals surface area contributed by atoms with Crippen LogP contribution < -0.4 is 5.32 Å². The maximum atomic E-state index is 9.84. The zero-order chi connectivity index (χ0) is 15.3. The molecule has 120 valence electrons. The molecule has 0 saturated carbocycles. The van der Waals surface area contributed by atoms with E-state index in [9.17, 15) is 5.11 Å². The molecule has 0 aliphatic rings. The fraction of sp³-hybridized carbons (Fsp3) is 0.625. The van der Waals surface area contributed by atoms with Gasteiger partial charge in [0.2, 0.25) is 0 Å². The number of hydrogen-bond acceptors (Lipinski definition) is 5. The Bertz CT molecular complexity index is 347. The monoisotopic (exact) mass is 297 g/mol. The van der Waals surface area contributed by atoms with Gasteiger partial charge in [-0.25, -0.2) is 0 Å². The molecular weight excluding hydrogens is 270 g/mol. The molecule has 2 unspecified atom stereocenters. The summed E-state index contributed by atoms with van der Waals surface area (Å²) >= 11 is 0. The Hall–Kier alpha value is -0.980. The molecule has 0 heterocycles. The minimum atomic E-state index is -0.518. The molecule has 2 N–H and O–H groups in total. The summed E-state index contributed by atoms with van der Waals surface area (Å²) in [6, 6.07) is 9.98. The first-order chi connectivity index (χ1) is 10.2. The topological polar surface area (TPSA) is 60.0 Å². The number of nitrogens with one attached hydrogen (secondary N) is 1. The van der Waals surface area contributed by atoms with Crippen LogP contribution in [0.15, 0.2) is 30.3 Å². The van der Waals surface area contributed by atoms with Gasteiger partial charge in [-0.2, -0.15) is 0 Å². The van der Waals surface area contributed by atoms with E-state index in [0.717, 1.165) is 5.56 Å². The van der Waals surface area contributed by atoms with Gasteiger partial charge < -0.3 is 24.6 Å². The molecule has 2 atom stereocenters. The fourth-order valence-electron chi connectivity index (χ4n) is 1.79. The first kappa shape index (κ1) is 18.1. The number of hydrogen-bond donors (Lipinski definition) is 2. The Morgan fingerprint density at radius 1 is 1.14 bits per heavy atom. The van der Waals surface area contributed by atoms with Crippen molar-refractivity contribution in [2.24, 2.45) is 0 Å². The van der Waals surface area contributed by atoms with Crippen LogP contribution in [0.5, 0.6) is 0 Å². The maximum Gasteiger partial charge on any atom is 0.0897 e. The Kier molecular flexibility index (Phi) is 10.0. The number of aliphatic hydroxyl groups excluding tert-OH is 1. The average Bonchev–Trinajstić information content (AvgIpc) is 2.52. The molecule has 0 aromatic heterocycles. The molecule has 5 heteroatoms. The lowest BCUT2D eigenvalue weighted by Crippen LogP contribution is -2.32. The number of rotatable bonds is 12. The van der Waals surface area contributed by atoms with E-state index in [1.807, 2.05) is 37.3 Å². The van der Waals surface area contributed by atoms with E-state index in [0.29, 0.717) is 39.5 Å². The van der Waals surface area contributed by atoms with Crippen LogP contribution in [-0.2, 0) is 14.2 Å². The third-order valence-corrected chi connectivity index (χ3v) is 3.04. The van der Waals surface area contributed by atoms with Crippen molar-refractivity contribution in [3.8, 4) is 0 Å². The molecule has 0 fully saturated rings. The highest BCUT2D eigenvalue weighted by Gasteiger charge is 2.09. The van der Waals surface area contributed by atoms with Crippen LogP contribution in [0.2, 0.25) is 0 Å². The largest absolute Gasteiger partial charge is 0.389 e. The van der Waals surface area contributed by atoms with Crippen LogP contribution in [0.3, 0.4) is 0 Å². The molecule has 0 amide bonds. The standard InChI is InChI=1S/C16H27NO4/c1-14(15-6-4-3-5-7-15)21-13-16(18)12-17-8-9-20-11-10-19-2/h3-7,14,16-18H,8-13H2,1-2H3. The molecule has 5 nitrogen and oxygen atoms in total. The molecule has 0 spiro atoms. The maximum absolute atomic E-state index is 9.84. The Morgan fingerprint density at radius 2 is 1.90 bits per heavy atom. The summed E-state index contributed by atoms with van der Waals surface area (Å²) in [5, 5.41) is 13.0. The van der Waals surface area contributed by atoms with E-state index in [1.54, 1.807) is 7.11 Å². The second-order valence-electron chi connectivity index (χ2n) is 4.85. The summed E-state index contributed by atoms with van der Waals surface area (Å²) < 4.78 is 15.8. The van der Waals surface area contributed by atoms with Crippen LogP contribution >= 0.6 is 0 Å². The summed E-state index contributed by atoms with van der Waals surface area (Å²) in [4.78, 5) is 0. The summed E-state index contributed by atoms with van der Waals surface area (Å²) in [5.74, 6) is 0. The van der Waals surface area contributed by atoms with Gasteiger partial charge in [0, 0.05) is 20.2 Å². The Balaban J connectivity index is 2.02. The molecule has 1 rings (SSSR count). The van der Waals surface area contributed by atoms with Crippen LogP contribution in [0.4, 0.5) is 0 Å². The third kappa shape index (κ3) is 8.80. The predicted molar refractivity (Wildman–Crippen MR) is 82.4 cm³/mol. The van der Waals surface area contributed by atoms with E-state index in [2.05, 4.69) is 5.32 Å². The van der Waals surface area contributed by atoms with E-state index >= 15 is 0 Å². The zero-order valence-corrected chi connectivity index (χ0v) is 13.0. The molecule has 0 bridgehead atoms. The van der Waals surface area contributed by atoms with Gasteiger partial charge in [-0.15, -0.1) is 0 Å². The van der Waals surface area contributed by atoms with Crippen molar-refractivity contribution >= 4 is 0 Å². The normalized spacial score (nSPS) is 14.0. The van der Waals surface area contributed by atoms with Crippen molar-refractivity contribution in [1.82, 2.24) is 5.32 Å². The van der Waals surface area contributed by atoms with Crippen molar-refractivity contribution < 1.29 is 19.3 Å². The van der Waals surface area contributed by atoms with Gasteiger partial charge in [-0.1, -0.05) is 30.3 Å². The number of benzene rings is 1. The van der Waals surface area contributed by atoms with E-state index in [-0.39, 0.29) is 6.10 Å². The molecule has 1 aromatic rings. The Labute approximate surface area is 127 Å². The summed E-state index contributed by atoms with van der Waals surface area (Å²) in [6.45, 7) is 5.31. The molecule has 0 aliphatic carbocycles. The highest BCUT2D eigenvalue weighted by Crippen LogP contribution is 2.15. The zero-order valence-electron chi connectivity index (χ0n) is 13.0. The number of ether oxygens (including phenoxy) is 3. The Morgan fingerprint density at radius 3 is 2.62 bits per heavy atom. The molecule has 1 aromatic carbocycles. The second kappa shape index (κ2) is 11.7. The lowest BCUT2D eigenvalue weighted by atomic mass is 10.1. The minimum absolute atomic E-state index is 0.0155. The van der Waals surface area contributed by atoms with Crippen LogP contribution in [-0.4, -0.2) is 57.8 Å². The fourth-order valence-corrected chi connectivity index (χ4v) is 1.79. The third-order valence-electron chi connectivity index (χ3n) is 3.04. The molecule has 0 aliphatic heterocycles. The number of aliphatic hydroxyl groups is 1. The van der Waals surface area contributed by atoms with Gasteiger partial charge in [0.15, 0.2) is 0 Å². The van der Waals surface area contributed by atoms with E-state index < -0.39 is 6.10 Å². The summed E-state index contributed by atoms with van der Waals surface area (Å²) in [7, 11) is 1.65. The smallest absolute Gasteiger partial charge is 0.0897 e. The highest BCUT2D eigenvalue weighted by molar-refractivity contribution is 5.16. The number of methoxy groups -OCH3 is 1. The van der Waals surface area contributed by atoms with Crippen molar-refractivity contribution in [2.75, 3.05) is 46.6 Å². The van der Waals surface area contributed by atoms with E-state index in [4.69, 9.17) is 14.2 Å². The molecular formula is C16H27NO4. The lowest BCUT2D eigenvalue weighted by molar-refractivity contribution is -0.00284. The average molecular weight is 297 g/mol. The van der Waals surface area contributed by atoms with Crippen LogP contribution in [0.25, 0.3) is 0 Å². The van der Waals surface area contributed by atoms with Gasteiger partial charge in [-0.3, -0.25) is 0 Å². The van der Waals surface area contributed by atoms with Crippen LogP contribution in [0.1, 0.15) is 18.6 Å². The lowest BCUT2D eigenvalue weighted by Gasteiger charge is -2.17. The molecule has 0 saturated heterocycles. The van der Waals surface area contributed by atoms with Gasteiger partial charge >= 0.3 is 0 Å². The predicted octanol–water partition coefficient (Wildman–Crippen LogP) is 1.38.